The van der Waals surface area contributed by atoms with E-state index in [1.54, 1.807) is 24.3 Å². The minimum absolute atomic E-state index is 0.207. The van der Waals surface area contributed by atoms with Crippen molar-refractivity contribution in [3.05, 3.63) is 65.9 Å². The smallest absolute Gasteiger partial charge is 0.253 e. The van der Waals surface area contributed by atoms with E-state index in [1.807, 2.05) is 37.3 Å². The molecule has 3 rings (SSSR count). The van der Waals surface area contributed by atoms with Gasteiger partial charge in [0.2, 0.25) is 0 Å². The molecule has 0 aliphatic carbocycles. The van der Waals surface area contributed by atoms with Crippen LogP contribution in [0.25, 0.3) is 11.0 Å². The van der Waals surface area contributed by atoms with E-state index in [0.29, 0.717) is 11.3 Å². The number of fused-ring (bicyclic) bond motifs is 1. The van der Waals surface area contributed by atoms with E-state index >= 15 is 0 Å². The number of hydrogen-bond acceptors (Lipinski definition) is 3. The van der Waals surface area contributed by atoms with Crippen LogP contribution in [0.4, 0.5) is 5.69 Å². The number of furan rings is 1. The lowest BCUT2D eigenvalue weighted by Crippen LogP contribution is -2.27. The fraction of sp³-hybridized carbons (Fsp3) is 0.118. The Morgan fingerprint density at radius 2 is 1.86 bits per heavy atom. The first-order chi connectivity index (χ1) is 10.1. The van der Waals surface area contributed by atoms with Gasteiger partial charge in [-0.05, 0) is 31.2 Å². The average molecular weight is 280 g/mol. The molecule has 1 heterocycles. The zero-order valence-corrected chi connectivity index (χ0v) is 11.7. The maximum atomic E-state index is 12.2. The molecular weight excluding hydrogens is 264 g/mol. The Bertz CT molecular complexity index is 759. The molecule has 106 valence electrons. The molecule has 0 aliphatic heterocycles. The van der Waals surface area contributed by atoms with Crippen LogP contribution < -0.4 is 11.1 Å². The molecule has 1 aromatic heterocycles. The van der Waals surface area contributed by atoms with Crippen LogP contribution in [0.1, 0.15) is 29.1 Å². The number of carbonyl (C=O) groups is 1. The number of benzene rings is 2. The normalized spacial score (nSPS) is 12.2. The van der Waals surface area contributed by atoms with E-state index in [-0.39, 0.29) is 11.9 Å². The number of carbonyl (C=O) groups excluding carboxylic acids is 1. The Balaban J connectivity index is 1.81. The van der Waals surface area contributed by atoms with E-state index in [4.69, 9.17) is 10.2 Å². The third kappa shape index (κ3) is 2.60. The predicted octanol–water partition coefficient (Wildman–Crippen LogP) is 3.51. The molecule has 2 aromatic carbocycles. The molecule has 0 fully saturated rings. The zero-order valence-electron chi connectivity index (χ0n) is 11.7. The van der Waals surface area contributed by atoms with Gasteiger partial charge in [0.1, 0.15) is 11.3 Å². The number of nitrogen functional groups attached to an aromatic ring is 1. The minimum Gasteiger partial charge on any atom is -0.459 e. The van der Waals surface area contributed by atoms with Crippen LogP contribution in [0, 0.1) is 0 Å². The summed E-state index contributed by atoms with van der Waals surface area (Å²) in [5.74, 6) is 0.514. The molecule has 0 saturated heterocycles. The summed E-state index contributed by atoms with van der Waals surface area (Å²) < 4.78 is 5.75. The van der Waals surface area contributed by atoms with E-state index in [1.165, 1.54) is 0 Å². The van der Waals surface area contributed by atoms with Crippen molar-refractivity contribution < 1.29 is 9.21 Å². The van der Waals surface area contributed by atoms with Gasteiger partial charge in [0.25, 0.3) is 5.91 Å². The van der Waals surface area contributed by atoms with Gasteiger partial charge < -0.3 is 15.5 Å². The van der Waals surface area contributed by atoms with Gasteiger partial charge in [-0.15, -0.1) is 0 Å². The number of amides is 1. The predicted molar refractivity (Wildman–Crippen MR) is 82.9 cm³/mol. The lowest BCUT2D eigenvalue weighted by Gasteiger charge is -2.12. The molecule has 3 aromatic rings. The summed E-state index contributed by atoms with van der Waals surface area (Å²) in [6, 6.07) is 16.5. The highest BCUT2D eigenvalue weighted by Crippen LogP contribution is 2.24. The molecule has 3 N–H and O–H groups in total. The van der Waals surface area contributed by atoms with E-state index < -0.39 is 0 Å². The molecular formula is C17H16N2O2. The Kier molecular flexibility index (Phi) is 3.36. The number of anilines is 1. The summed E-state index contributed by atoms with van der Waals surface area (Å²) in [5.41, 5.74) is 7.56. The lowest BCUT2D eigenvalue weighted by atomic mass is 10.1. The number of rotatable bonds is 3. The molecule has 0 aliphatic rings. The van der Waals surface area contributed by atoms with Crippen molar-refractivity contribution in [2.24, 2.45) is 0 Å². The van der Waals surface area contributed by atoms with Crippen molar-refractivity contribution in [2.75, 3.05) is 5.73 Å². The van der Waals surface area contributed by atoms with Crippen LogP contribution >= 0.6 is 0 Å². The van der Waals surface area contributed by atoms with Crippen molar-refractivity contribution in [3.8, 4) is 0 Å². The Morgan fingerprint density at radius 1 is 1.14 bits per heavy atom. The molecule has 0 radical (unpaired) electrons. The number of nitrogens with two attached hydrogens (primary N) is 1. The average Bonchev–Trinajstić information content (AvgIpc) is 2.91. The van der Waals surface area contributed by atoms with Crippen LogP contribution in [0.3, 0.4) is 0 Å². The SMILES string of the molecule is CC(NC(=O)c1ccccc1N)c1cc2ccccc2o1. The van der Waals surface area contributed by atoms with Gasteiger partial charge in [-0.1, -0.05) is 30.3 Å². The van der Waals surface area contributed by atoms with Crippen LogP contribution in [0.15, 0.2) is 59.0 Å². The fourth-order valence-corrected chi connectivity index (χ4v) is 2.27. The number of hydrogen-bond donors (Lipinski definition) is 2. The molecule has 4 nitrogen and oxygen atoms in total. The second kappa shape index (κ2) is 5.32. The first kappa shape index (κ1) is 13.2. The number of nitrogens with one attached hydrogen (secondary N) is 1. The van der Waals surface area contributed by atoms with Crippen LogP contribution in [0.5, 0.6) is 0 Å². The molecule has 0 spiro atoms. The summed E-state index contributed by atoms with van der Waals surface area (Å²) in [4.78, 5) is 12.2. The van der Waals surface area contributed by atoms with Crippen molar-refractivity contribution >= 4 is 22.6 Å². The molecule has 0 saturated carbocycles. The Morgan fingerprint density at radius 3 is 2.62 bits per heavy atom. The summed E-state index contributed by atoms with van der Waals surface area (Å²) in [7, 11) is 0. The van der Waals surface area contributed by atoms with Gasteiger partial charge in [0.15, 0.2) is 0 Å². The van der Waals surface area contributed by atoms with Crippen LogP contribution in [-0.4, -0.2) is 5.91 Å². The van der Waals surface area contributed by atoms with Gasteiger partial charge >= 0.3 is 0 Å². The monoisotopic (exact) mass is 280 g/mol. The first-order valence-electron chi connectivity index (χ1n) is 6.79. The third-order valence-electron chi connectivity index (χ3n) is 3.42. The molecule has 0 bridgehead atoms. The van der Waals surface area contributed by atoms with Gasteiger partial charge in [-0.2, -0.15) is 0 Å². The molecule has 1 unspecified atom stereocenters. The highest BCUT2D eigenvalue weighted by Gasteiger charge is 2.16. The summed E-state index contributed by atoms with van der Waals surface area (Å²) >= 11 is 0. The second-order valence-corrected chi connectivity index (χ2v) is 4.97. The zero-order chi connectivity index (χ0) is 14.8. The maximum Gasteiger partial charge on any atom is 0.253 e. The lowest BCUT2D eigenvalue weighted by molar-refractivity contribution is 0.0936. The van der Waals surface area contributed by atoms with E-state index in [0.717, 1.165) is 16.7 Å². The topological polar surface area (TPSA) is 68.3 Å². The summed E-state index contributed by atoms with van der Waals surface area (Å²) in [6.07, 6.45) is 0. The van der Waals surface area contributed by atoms with Crippen LogP contribution in [0.2, 0.25) is 0 Å². The molecule has 21 heavy (non-hydrogen) atoms. The van der Waals surface area contributed by atoms with Crippen molar-refractivity contribution in [3.63, 3.8) is 0 Å². The van der Waals surface area contributed by atoms with Gasteiger partial charge in [-0.25, -0.2) is 0 Å². The fourth-order valence-electron chi connectivity index (χ4n) is 2.27. The van der Waals surface area contributed by atoms with Gasteiger partial charge in [-0.3, -0.25) is 4.79 Å². The minimum atomic E-state index is -0.232. The maximum absolute atomic E-state index is 12.2. The largest absolute Gasteiger partial charge is 0.459 e. The van der Waals surface area contributed by atoms with Crippen molar-refractivity contribution in [2.45, 2.75) is 13.0 Å². The Hall–Kier alpha value is -2.75. The summed E-state index contributed by atoms with van der Waals surface area (Å²) in [6.45, 7) is 1.88. The quantitative estimate of drug-likeness (QED) is 0.721. The van der Waals surface area contributed by atoms with E-state index in [9.17, 15) is 4.79 Å². The summed E-state index contributed by atoms with van der Waals surface area (Å²) in [5, 5.41) is 3.92. The standard InChI is InChI=1S/C17H16N2O2/c1-11(16-10-12-6-2-5-9-15(12)21-16)19-17(20)13-7-3-4-8-14(13)18/h2-11H,18H2,1H3,(H,19,20). The van der Waals surface area contributed by atoms with Crippen molar-refractivity contribution in [1.29, 1.82) is 0 Å². The highest BCUT2D eigenvalue weighted by atomic mass is 16.3. The third-order valence-corrected chi connectivity index (χ3v) is 3.42. The molecule has 1 amide bonds. The van der Waals surface area contributed by atoms with Gasteiger partial charge in [0.05, 0.1) is 11.6 Å². The van der Waals surface area contributed by atoms with Crippen LogP contribution in [-0.2, 0) is 0 Å². The molecule has 4 heteroatoms. The highest BCUT2D eigenvalue weighted by molar-refractivity contribution is 5.99. The van der Waals surface area contributed by atoms with Crippen molar-refractivity contribution in [1.82, 2.24) is 5.32 Å². The van der Waals surface area contributed by atoms with E-state index in [2.05, 4.69) is 5.32 Å². The first-order valence-corrected chi connectivity index (χ1v) is 6.79. The van der Waals surface area contributed by atoms with Gasteiger partial charge in [0, 0.05) is 11.1 Å². The second-order valence-electron chi connectivity index (χ2n) is 4.97. The Labute approximate surface area is 122 Å². The number of para-hydroxylation sites is 2. The molecule has 1 atom stereocenters.